The molecule has 27 heavy (non-hydrogen) atoms. The normalized spacial score (nSPS) is 16.0. The Morgan fingerprint density at radius 1 is 1.26 bits per heavy atom. The minimum absolute atomic E-state index is 0. The van der Waals surface area contributed by atoms with Crippen LogP contribution < -0.4 is 10.6 Å². The maximum Gasteiger partial charge on any atom is 0.191 e. The van der Waals surface area contributed by atoms with Gasteiger partial charge >= 0.3 is 0 Å². The standard InChI is InChI=1S/C20H29N5O.HI/c1-16-7-8-17(14-23-16)9-10-22-20(21-2)24-15-18(19-6-5-13-26-19)25-11-3-4-12-25;/h5-8,13-14,18H,3-4,9-12,15H2,1-2H3,(H2,21,22,24);1H. The summed E-state index contributed by atoms with van der Waals surface area (Å²) in [6, 6.07) is 8.44. The van der Waals surface area contributed by atoms with E-state index in [2.05, 4.69) is 37.6 Å². The van der Waals surface area contributed by atoms with E-state index >= 15 is 0 Å². The van der Waals surface area contributed by atoms with E-state index in [1.54, 1.807) is 13.3 Å². The third-order valence-corrected chi connectivity index (χ3v) is 4.82. The van der Waals surface area contributed by atoms with Crippen molar-refractivity contribution in [3.8, 4) is 0 Å². The molecule has 2 aromatic rings. The first kappa shape index (κ1) is 21.7. The first-order chi connectivity index (χ1) is 12.8. The molecule has 0 aromatic carbocycles. The molecule has 1 fully saturated rings. The topological polar surface area (TPSA) is 65.7 Å². The second-order valence-electron chi connectivity index (χ2n) is 6.71. The molecule has 0 bridgehead atoms. The van der Waals surface area contributed by atoms with Crippen molar-refractivity contribution in [3.63, 3.8) is 0 Å². The number of guanidine groups is 1. The van der Waals surface area contributed by atoms with Crippen LogP contribution in [0.1, 0.15) is 35.9 Å². The van der Waals surface area contributed by atoms with Gasteiger partial charge in [0.05, 0.1) is 12.3 Å². The summed E-state index contributed by atoms with van der Waals surface area (Å²) in [7, 11) is 1.81. The predicted molar refractivity (Wildman–Crippen MR) is 120 cm³/mol. The molecular weight excluding hydrogens is 453 g/mol. The lowest BCUT2D eigenvalue weighted by molar-refractivity contribution is 0.215. The fourth-order valence-corrected chi connectivity index (χ4v) is 3.33. The number of furan rings is 1. The quantitative estimate of drug-likeness (QED) is 0.360. The average Bonchev–Trinajstić information content (AvgIpc) is 3.36. The van der Waals surface area contributed by atoms with Gasteiger partial charge in [0.1, 0.15) is 5.76 Å². The fourth-order valence-electron chi connectivity index (χ4n) is 3.33. The second kappa shape index (κ2) is 11.3. The number of nitrogens with zero attached hydrogens (tertiary/aromatic N) is 3. The lowest BCUT2D eigenvalue weighted by Gasteiger charge is -2.26. The Balaban J connectivity index is 0.00000261. The van der Waals surface area contributed by atoms with Crippen LogP contribution in [0.15, 0.2) is 46.1 Å². The Bertz CT molecular complexity index is 681. The summed E-state index contributed by atoms with van der Waals surface area (Å²) in [5.74, 6) is 1.83. The number of aryl methyl sites for hydroxylation is 1. The zero-order chi connectivity index (χ0) is 18.2. The molecule has 1 unspecified atom stereocenters. The van der Waals surface area contributed by atoms with Crippen LogP contribution in [0, 0.1) is 6.92 Å². The smallest absolute Gasteiger partial charge is 0.191 e. The Labute approximate surface area is 178 Å². The van der Waals surface area contributed by atoms with Crippen molar-refractivity contribution in [1.29, 1.82) is 0 Å². The highest BCUT2D eigenvalue weighted by molar-refractivity contribution is 14.0. The summed E-state index contributed by atoms with van der Waals surface area (Å²) < 4.78 is 5.67. The van der Waals surface area contributed by atoms with Gasteiger partial charge in [0, 0.05) is 32.0 Å². The summed E-state index contributed by atoms with van der Waals surface area (Å²) in [4.78, 5) is 11.2. The number of likely N-dealkylation sites (tertiary alicyclic amines) is 1. The Kier molecular flexibility index (Phi) is 9.06. The molecule has 1 saturated heterocycles. The minimum atomic E-state index is 0. The summed E-state index contributed by atoms with van der Waals surface area (Å²) in [5, 5.41) is 6.84. The minimum Gasteiger partial charge on any atom is -0.468 e. The van der Waals surface area contributed by atoms with Gasteiger partial charge in [-0.05, 0) is 63.0 Å². The van der Waals surface area contributed by atoms with E-state index in [0.717, 1.165) is 50.0 Å². The van der Waals surface area contributed by atoms with Gasteiger partial charge in [-0.3, -0.25) is 14.9 Å². The molecule has 0 amide bonds. The molecule has 2 aromatic heterocycles. The van der Waals surface area contributed by atoms with Crippen molar-refractivity contribution in [3.05, 3.63) is 53.7 Å². The van der Waals surface area contributed by atoms with Crippen LogP contribution in [0.4, 0.5) is 0 Å². The number of rotatable bonds is 7. The molecule has 1 atom stereocenters. The van der Waals surface area contributed by atoms with Crippen molar-refractivity contribution >= 4 is 29.9 Å². The monoisotopic (exact) mass is 483 g/mol. The van der Waals surface area contributed by atoms with E-state index in [1.807, 2.05) is 25.3 Å². The fraction of sp³-hybridized carbons (Fsp3) is 0.500. The number of halogens is 1. The highest BCUT2D eigenvalue weighted by atomic mass is 127. The van der Waals surface area contributed by atoms with Gasteiger partial charge in [-0.2, -0.15) is 0 Å². The molecule has 6 nitrogen and oxygen atoms in total. The van der Waals surface area contributed by atoms with E-state index in [-0.39, 0.29) is 30.0 Å². The van der Waals surface area contributed by atoms with Crippen molar-refractivity contribution in [2.24, 2.45) is 4.99 Å². The van der Waals surface area contributed by atoms with Gasteiger partial charge in [0.25, 0.3) is 0 Å². The number of hydrogen-bond donors (Lipinski definition) is 2. The maximum absolute atomic E-state index is 5.67. The van der Waals surface area contributed by atoms with E-state index in [0.29, 0.717) is 0 Å². The summed E-state index contributed by atoms with van der Waals surface area (Å²) >= 11 is 0. The molecule has 1 aliphatic heterocycles. The zero-order valence-electron chi connectivity index (χ0n) is 16.1. The third-order valence-electron chi connectivity index (χ3n) is 4.82. The molecule has 3 rings (SSSR count). The van der Waals surface area contributed by atoms with Gasteiger partial charge in [0.15, 0.2) is 5.96 Å². The molecule has 3 heterocycles. The lowest BCUT2D eigenvalue weighted by Crippen LogP contribution is -2.43. The first-order valence-corrected chi connectivity index (χ1v) is 9.40. The number of aromatic nitrogens is 1. The molecule has 0 aliphatic carbocycles. The van der Waals surface area contributed by atoms with Crippen LogP contribution in [-0.2, 0) is 6.42 Å². The molecular formula is C20H30IN5O. The van der Waals surface area contributed by atoms with Crippen LogP contribution in [0.2, 0.25) is 0 Å². The molecule has 1 aliphatic rings. The predicted octanol–water partition coefficient (Wildman–Crippen LogP) is 3.15. The Morgan fingerprint density at radius 2 is 2.07 bits per heavy atom. The van der Waals surface area contributed by atoms with E-state index < -0.39 is 0 Å². The van der Waals surface area contributed by atoms with Crippen molar-refractivity contribution in [1.82, 2.24) is 20.5 Å². The van der Waals surface area contributed by atoms with Crippen molar-refractivity contribution in [2.75, 3.05) is 33.2 Å². The molecule has 0 saturated carbocycles. The van der Waals surface area contributed by atoms with Crippen LogP contribution in [0.25, 0.3) is 0 Å². The van der Waals surface area contributed by atoms with E-state index in [9.17, 15) is 0 Å². The molecule has 2 N–H and O–H groups in total. The second-order valence-corrected chi connectivity index (χ2v) is 6.71. The number of nitrogens with one attached hydrogen (secondary N) is 2. The molecule has 7 heteroatoms. The first-order valence-electron chi connectivity index (χ1n) is 9.40. The summed E-state index contributed by atoms with van der Waals surface area (Å²) in [5.41, 5.74) is 2.27. The molecule has 0 spiro atoms. The lowest BCUT2D eigenvalue weighted by atomic mass is 10.2. The van der Waals surface area contributed by atoms with E-state index in [1.165, 1.54) is 18.4 Å². The van der Waals surface area contributed by atoms with Gasteiger partial charge in [-0.15, -0.1) is 24.0 Å². The van der Waals surface area contributed by atoms with Crippen molar-refractivity contribution < 1.29 is 4.42 Å². The van der Waals surface area contributed by atoms with Gasteiger partial charge < -0.3 is 15.1 Å². The zero-order valence-corrected chi connectivity index (χ0v) is 18.5. The largest absolute Gasteiger partial charge is 0.468 e. The van der Waals surface area contributed by atoms with Gasteiger partial charge in [0.2, 0.25) is 0 Å². The summed E-state index contributed by atoms with van der Waals surface area (Å²) in [6.07, 6.45) is 7.12. The maximum atomic E-state index is 5.67. The summed E-state index contributed by atoms with van der Waals surface area (Å²) in [6.45, 7) is 5.85. The van der Waals surface area contributed by atoms with Gasteiger partial charge in [-0.25, -0.2) is 0 Å². The molecule has 0 radical (unpaired) electrons. The third kappa shape index (κ3) is 6.49. The van der Waals surface area contributed by atoms with E-state index in [4.69, 9.17) is 4.42 Å². The number of pyridine rings is 1. The van der Waals surface area contributed by atoms with Crippen molar-refractivity contribution in [2.45, 2.75) is 32.2 Å². The Hall–Kier alpha value is -1.61. The van der Waals surface area contributed by atoms with Crippen LogP contribution in [0.5, 0.6) is 0 Å². The average molecular weight is 483 g/mol. The Morgan fingerprint density at radius 3 is 2.70 bits per heavy atom. The van der Waals surface area contributed by atoms with Gasteiger partial charge in [-0.1, -0.05) is 6.07 Å². The van der Waals surface area contributed by atoms with Crippen LogP contribution in [0.3, 0.4) is 0 Å². The molecule has 148 valence electrons. The highest BCUT2D eigenvalue weighted by Crippen LogP contribution is 2.24. The number of hydrogen-bond acceptors (Lipinski definition) is 4. The SMILES string of the molecule is CN=C(NCCc1ccc(C)nc1)NCC(c1ccco1)N1CCCC1.I. The van der Waals surface area contributed by atoms with Crippen LogP contribution >= 0.6 is 24.0 Å². The number of aliphatic imine (C=N–C) groups is 1. The highest BCUT2D eigenvalue weighted by Gasteiger charge is 2.25. The van der Waals surface area contributed by atoms with Crippen LogP contribution in [-0.4, -0.2) is 49.1 Å².